The number of ketones is 1. The highest BCUT2D eigenvalue weighted by atomic mass is 35.5. The Morgan fingerprint density at radius 2 is 1.92 bits per heavy atom. The molecule has 250 valence electrons. The van der Waals surface area contributed by atoms with Gasteiger partial charge in [-0.2, -0.15) is 20.3 Å². The van der Waals surface area contributed by atoms with E-state index in [1.54, 1.807) is 18.8 Å². The van der Waals surface area contributed by atoms with Crippen LogP contribution in [0.2, 0.25) is 5.02 Å². The van der Waals surface area contributed by atoms with Gasteiger partial charge in [-0.3, -0.25) is 19.2 Å². The lowest BCUT2D eigenvalue weighted by atomic mass is 9.74. The molecule has 1 spiro atoms. The lowest BCUT2D eigenvalue weighted by Crippen LogP contribution is -2.62. The average molecular weight is 674 g/mol. The number of hydrogen-bond acceptors (Lipinski definition) is 10. The number of anilines is 2. The van der Waals surface area contributed by atoms with Gasteiger partial charge < -0.3 is 19.4 Å². The van der Waals surface area contributed by atoms with Crippen molar-refractivity contribution in [2.45, 2.75) is 62.3 Å². The molecule has 8 rings (SSSR count). The lowest BCUT2D eigenvalue weighted by molar-refractivity contribution is -0.123. The van der Waals surface area contributed by atoms with Crippen LogP contribution in [0.25, 0.3) is 0 Å². The number of aromatic nitrogens is 4. The zero-order valence-electron chi connectivity index (χ0n) is 27.1. The van der Waals surface area contributed by atoms with Crippen LogP contribution in [0.4, 0.5) is 16.0 Å². The van der Waals surface area contributed by atoms with Crippen LogP contribution in [-0.2, 0) is 29.7 Å². The summed E-state index contributed by atoms with van der Waals surface area (Å²) in [6.45, 7) is 3.59. The molecule has 3 fully saturated rings. The number of halogens is 2. The van der Waals surface area contributed by atoms with Crippen molar-refractivity contribution in [3.8, 4) is 12.1 Å². The molecule has 0 saturated carbocycles. The fraction of sp³-hybridized carbons (Fsp3) is 0.529. The molecule has 48 heavy (non-hydrogen) atoms. The van der Waals surface area contributed by atoms with E-state index in [9.17, 15) is 19.2 Å². The Hall–Kier alpha value is -4.28. The Balaban J connectivity index is 1.16. The summed E-state index contributed by atoms with van der Waals surface area (Å²) < 4.78 is 22.7. The molecule has 1 unspecified atom stereocenters. The van der Waals surface area contributed by atoms with Crippen molar-refractivity contribution < 1.29 is 18.7 Å². The molecule has 12 nitrogen and oxygen atoms in total. The first-order valence-electron chi connectivity index (χ1n) is 16.5. The quantitative estimate of drug-likeness (QED) is 0.386. The zero-order valence-corrected chi connectivity index (χ0v) is 27.8. The minimum absolute atomic E-state index is 0.106. The fourth-order valence-corrected chi connectivity index (χ4v) is 8.71. The number of nitrogens with zero attached hydrogens (tertiary/aromatic N) is 9. The van der Waals surface area contributed by atoms with E-state index in [4.69, 9.17) is 26.3 Å². The number of hydrogen-bond donors (Lipinski definition) is 0. The molecular weight excluding hydrogens is 637 g/mol. The fourth-order valence-electron chi connectivity index (χ4n) is 8.43. The highest BCUT2D eigenvalue weighted by Gasteiger charge is 2.55. The molecule has 0 bridgehead atoms. The Labute approximate surface area is 283 Å². The van der Waals surface area contributed by atoms with E-state index >= 15 is 0 Å². The number of carbonyl (C=O) groups is 2. The number of Topliss-reactive ketones (excluding diaryl/α,β-unsaturated/α-hetero) is 1. The largest absolute Gasteiger partial charge is 0.461 e. The number of fused-ring (bicyclic) bond motifs is 4. The summed E-state index contributed by atoms with van der Waals surface area (Å²) in [5.41, 5.74) is 2.14. The predicted octanol–water partition coefficient (Wildman–Crippen LogP) is 3.15. The zero-order chi connectivity index (χ0) is 33.4. The van der Waals surface area contributed by atoms with Gasteiger partial charge in [0, 0.05) is 59.7 Å². The molecule has 1 amide bonds. The second-order valence-corrected chi connectivity index (χ2v) is 14.4. The maximum atomic E-state index is 14.6. The first-order valence-corrected chi connectivity index (χ1v) is 16.9. The van der Waals surface area contributed by atoms with E-state index in [1.807, 2.05) is 34.1 Å². The third-order valence-electron chi connectivity index (χ3n) is 10.9. The molecule has 14 heteroatoms. The lowest BCUT2D eigenvalue weighted by Gasteiger charge is -2.48. The van der Waals surface area contributed by atoms with Gasteiger partial charge in [0.15, 0.2) is 23.1 Å². The third kappa shape index (κ3) is 4.75. The van der Waals surface area contributed by atoms with Crippen molar-refractivity contribution in [2.75, 3.05) is 63.2 Å². The van der Waals surface area contributed by atoms with Crippen molar-refractivity contribution in [1.82, 2.24) is 29.5 Å². The Morgan fingerprint density at radius 3 is 2.69 bits per heavy atom. The van der Waals surface area contributed by atoms with E-state index in [0.29, 0.717) is 69.3 Å². The molecule has 0 N–H and O–H groups in total. The standard InChI is InChI=1S/C34H37ClFN9O3/c1-41(2)31(47)28-27(35)25-17-42(10-6-12-45(25)40-28)29-23(15-37)30(43-18-34(19-43)24-8-4-3-7-21(24)13-26(34)46)39-32(38-29)48-20-33-9-5-11-44(33)16-22(36)14-33/h3-4,7-8,22H,5-6,9-14,16-20H2,1-2H3/t22?,33-/m0/s1. The number of amides is 1. The number of benzene rings is 1. The topological polar surface area (TPSA) is 124 Å². The Morgan fingerprint density at radius 1 is 1.15 bits per heavy atom. The highest BCUT2D eigenvalue weighted by Crippen LogP contribution is 2.46. The van der Waals surface area contributed by atoms with Gasteiger partial charge in [-0.05, 0) is 36.9 Å². The van der Waals surface area contributed by atoms with Crippen LogP contribution in [0.15, 0.2) is 24.3 Å². The second-order valence-electron chi connectivity index (χ2n) is 14.0. The normalized spacial score (nSPS) is 24.1. The summed E-state index contributed by atoms with van der Waals surface area (Å²) >= 11 is 6.78. The molecule has 3 aromatic rings. The molecule has 1 aromatic carbocycles. The summed E-state index contributed by atoms with van der Waals surface area (Å²) in [5, 5.41) is 15.4. The molecule has 4 aliphatic heterocycles. The van der Waals surface area contributed by atoms with Gasteiger partial charge in [0.25, 0.3) is 5.91 Å². The Kier molecular flexibility index (Phi) is 7.37. The smallest absolute Gasteiger partial charge is 0.320 e. The van der Waals surface area contributed by atoms with Crippen LogP contribution in [0.3, 0.4) is 0 Å². The minimum Gasteiger partial charge on any atom is -0.461 e. The van der Waals surface area contributed by atoms with Gasteiger partial charge >= 0.3 is 6.01 Å². The number of nitriles is 1. The summed E-state index contributed by atoms with van der Waals surface area (Å²) in [4.78, 5) is 43.4. The van der Waals surface area contributed by atoms with Gasteiger partial charge in [-0.1, -0.05) is 35.9 Å². The molecule has 6 heterocycles. The number of rotatable bonds is 6. The molecule has 5 aliphatic rings. The van der Waals surface area contributed by atoms with E-state index < -0.39 is 17.1 Å². The molecule has 0 radical (unpaired) electrons. The van der Waals surface area contributed by atoms with E-state index in [2.05, 4.69) is 16.1 Å². The third-order valence-corrected chi connectivity index (χ3v) is 11.3. The van der Waals surface area contributed by atoms with Crippen LogP contribution >= 0.6 is 11.6 Å². The van der Waals surface area contributed by atoms with Crippen molar-refractivity contribution in [3.63, 3.8) is 0 Å². The van der Waals surface area contributed by atoms with Crippen molar-refractivity contribution in [2.24, 2.45) is 0 Å². The van der Waals surface area contributed by atoms with Gasteiger partial charge in [-0.25, -0.2) is 4.39 Å². The van der Waals surface area contributed by atoms with Crippen molar-refractivity contribution >= 4 is 34.9 Å². The summed E-state index contributed by atoms with van der Waals surface area (Å²) in [6.07, 6.45) is 2.38. The first kappa shape index (κ1) is 31.0. The van der Waals surface area contributed by atoms with E-state index in [0.717, 1.165) is 30.5 Å². The number of ether oxygens (including phenoxy) is 1. The monoisotopic (exact) mass is 673 g/mol. The van der Waals surface area contributed by atoms with Crippen LogP contribution in [0.1, 0.15) is 58.6 Å². The average Bonchev–Trinajstić information content (AvgIpc) is 3.71. The van der Waals surface area contributed by atoms with Crippen LogP contribution in [-0.4, -0.2) is 106 Å². The van der Waals surface area contributed by atoms with E-state index in [1.165, 1.54) is 4.90 Å². The van der Waals surface area contributed by atoms with Crippen molar-refractivity contribution in [3.05, 3.63) is 57.4 Å². The van der Waals surface area contributed by atoms with Gasteiger partial charge in [0.1, 0.15) is 24.4 Å². The molecule has 1 aliphatic carbocycles. The number of aryl methyl sites for hydroxylation is 1. The second kappa shape index (κ2) is 11.4. The van der Waals surface area contributed by atoms with Gasteiger partial charge in [0.2, 0.25) is 0 Å². The summed E-state index contributed by atoms with van der Waals surface area (Å²) in [5.74, 6) is 0.675. The maximum Gasteiger partial charge on any atom is 0.320 e. The number of carbonyl (C=O) groups excluding carboxylic acids is 2. The Bertz CT molecular complexity index is 1870. The highest BCUT2D eigenvalue weighted by molar-refractivity contribution is 6.34. The molecular formula is C34H37ClFN9O3. The van der Waals surface area contributed by atoms with Crippen LogP contribution in [0.5, 0.6) is 6.01 Å². The molecule has 2 atom stereocenters. The first-order chi connectivity index (χ1) is 23.1. The van der Waals surface area contributed by atoms with E-state index in [-0.39, 0.29) is 47.1 Å². The summed E-state index contributed by atoms with van der Waals surface area (Å²) in [7, 11) is 3.31. The molecule has 2 aromatic heterocycles. The van der Waals surface area contributed by atoms with Crippen molar-refractivity contribution in [1.29, 1.82) is 5.26 Å². The predicted molar refractivity (Wildman–Crippen MR) is 175 cm³/mol. The van der Waals surface area contributed by atoms with Crippen LogP contribution < -0.4 is 14.5 Å². The summed E-state index contributed by atoms with van der Waals surface area (Å²) in [6, 6.07) is 10.4. The minimum atomic E-state index is -0.901. The van der Waals surface area contributed by atoms with Gasteiger partial charge in [0.05, 0.1) is 28.2 Å². The molecule has 3 saturated heterocycles. The maximum absolute atomic E-state index is 14.6. The number of alkyl halides is 1. The van der Waals surface area contributed by atoms with Crippen LogP contribution in [0, 0.1) is 11.3 Å². The SMILES string of the molecule is CN(C)C(=O)c1nn2c(c1Cl)CN(c1nc(OC[C@@]34CCCN3CC(F)C4)nc(N3CC4(C3)C(=O)Cc3ccccc34)c1C#N)CCC2. The van der Waals surface area contributed by atoms with Gasteiger partial charge in [-0.15, -0.1) is 0 Å².